The first-order valence-electron chi connectivity index (χ1n) is 9.41. The van der Waals surface area contributed by atoms with Crippen LogP contribution in [-0.4, -0.2) is 4.98 Å². The predicted molar refractivity (Wildman–Crippen MR) is 94.6 cm³/mol. The molecule has 2 aliphatic carbocycles. The molecule has 4 rings (SSSR count). The van der Waals surface area contributed by atoms with Crippen molar-refractivity contribution in [2.75, 3.05) is 0 Å². The van der Waals surface area contributed by atoms with Gasteiger partial charge in [-0.25, -0.2) is 0 Å². The van der Waals surface area contributed by atoms with Gasteiger partial charge in [0.1, 0.15) is 0 Å². The Labute approximate surface area is 134 Å². The number of benzene rings is 1. The van der Waals surface area contributed by atoms with E-state index in [4.69, 9.17) is 0 Å². The van der Waals surface area contributed by atoms with E-state index in [1.165, 1.54) is 81.8 Å². The smallest absolute Gasteiger partial charge is 0.0461 e. The van der Waals surface area contributed by atoms with Gasteiger partial charge in [-0.3, -0.25) is 0 Å². The molecular formula is C21H29N. The summed E-state index contributed by atoms with van der Waals surface area (Å²) in [5, 5.41) is 1.59. The molecule has 1 heteroatoms. The fourth-order valence-corrected chi connectivity index (χ4v) is 4.94. The third-order valence-corrected chi connectivity index (χ3v) is 6.23. The average molecular weight is 295 g/mol. The van der Waals surface area contributed by atoms with Crippen molar-refractivity contribution >= 4 is 10.9 Å². The lowest BCUT2D eigenvalue weighted by atomic mass is 9.73. The Morgan fingerprint density at radius 2 is 1.59 bits per heavy atom. The Hall–Kier alpha value is -1.24. The number of H-pyrrole nitrogens is 1. The maximum absolute atomic E-state index is 3.71. The van der Waals surface area contributed by atoms with Crippen molar-refractivity contribution in [2.45, 2.75) is 83.0 Å². The maximum Gasteiger partial charge on any atom is 0.0461 e. The monoisotopic (exact) mass is 295 g/mol. The molecule has 0 unspecified atom stereocenters. The number of rotatable bonds is 1. The molecule has 1 aromatic carbocycles. The van der Waals surface area contributed by atoms with Gasteiger partial charge in [0.2, 0.25) is 0 Å². The van der Waals surface area contributed by atoms with Crippen LogP contribution in [0.5, 0.6) is 0 Å². The minimum atomic E-state index is 0.377. The van der Waals surface area contributed by atoms with Crippen molar-refractivity contribution in [1.82, 2.24) is 4.98 Å². The lowest BCUT2D eigenvalue weighted by Gasteiger charge is -2.31. The highest BCUT2D eigenvalue weighted by Gasteiger charge is 2.30. The first kappa shape index (κ1) is 14.4. The van der Waals surface area contributed by atoms with Crippen molar-refractivity contribution < 1.29 is 0 Å². The first-order chi connectivity index (χ1) is 10.8. The second-order valence-electron chi connectivity index (χ2n) is 7.85. The van der Waals surface area contributed by atoms with E-state index in [-0.39, 0.29) is 0 Å². The first-order valence-corrected chi connectivity index (χ1v) is 9.41. The van der Waals surface area contributed by atoms with Crippen LogP contribution in [0.1, 0.15) is 81.5 Å². The molecule has 0 spiro atoms. The molecule has 1 heterocycles. The predicted octanol–water partition coefficient (Wildman–Crippen LogP) is 6.05. The minimum Gasteiger partial charge on any atom is -0.358 e. The molecular weight excluding hydrogens is 266 g/mol. The number of hydrogen-bond donors (Lipinski definition) is 1. The van der Waals surface area contributed by atoms with E-state index in [1.54, 1.807) is 16.5 Å². The standard InChI is InChI=1S/C21H29N/c1-21(14-6-4-2-3-5-7-15-21)17-11-9-13-19-20(17)16-10-8-12-18(16)22-19/h9,11,13,22H,2-8,10,12,14-15H2,1H3. The van der Waals surface area contributed by atoms with Crippen molar-refractivity contribution in [1.29, 1.82) is 0 Å². The number of nitrogens with one attached hydrogen (secondary N) is 1. The summed E-state index contributed by atoms with van der Waals surface area (Å²) in [6.07, 6.45) is 15.1. The fraction of sp³-hybridized carbons (Fsp3) is 0.619. The molecule has 1 fully saturated rings. The van der Waals surface area contributed by atoms with Crippen LogP contribution in [0.4, 0.5) is 0 Å². The molecule has 0 saturated heterocycles. The molecule has 0 atom stereocenters. The number of fused-ring (bicyclic) bond motifs is 3. The van der Waals surface area contributed by atoms with Crippen molar-refractivity contribution in [3.63, 3.8) is 0 Å². The zero-order chi connectivity index (χ0) is 15.0. The van der Waals surface area contributed by atoms with Gasteiger partial charge < -0.3 is 4.98 Å². The molecule has 0 aliphatic heterocycles. The largest absolute Gasteiger partial charge is 0.358 e. The number of aromatic nitrogens is 1. The molecule has 0 radical (unpaired) electrons. The van der Waals surface area contributed by atoms with E-state index >= 15 is 0 Å². The molecule has 22 heavy (non-hydrogen) atoms. The molecule has 1 nitrogen and oxygen atoms in total. The molecule has 0 bridgehead atoms. The lowest BCUT2D eigenvalue weighted by Crippen LogP contribution is -2.22. The quantitative estimate of drug-likeness (QED) is 0.659. The van der Waals surface area contributed by atoms with Crippen molar-refractivity contribution in [3.05, 3.63) is 35.0 Å². The molecule has 118 valence electrons. The summed E-state index contributed by atoms with van der Waals surface area (Å²) in [5.74, 6) is 0. The van der Waals surface area contributed by atoms with Crippen LogP contribution < -0.4 is 0 Å². The highest BCUT2D eigenvalue weighted by atomic mass is 14.7. The number of aryl methyl sites for hydroxylation is 2. The topological polar surface area (TPSA) is 15.8 Å². The number of hydrogen-bond acceptors (Lipinski definition) is 0. The Morgan fingerprint density at radius 3 is 2.36 bits per heavy atom. The summed E-state index contributed by atoms with van der Waals surface area (Å²) in [6, 6.07) is 7.00. The van der Waals surface area contributed by atoms with Crippen molar-refractivity contribution in [2.24, 2.45) is 0 Å². The van der Waals surface area contributed by atoms with Gasteiger partial charge >= 0.3 is 0 Å². The van der Waals surface area contributed by atoms with Gasteiger partial charge in [0.05, 0.1) is 0 Å². The van der Waals surface area contributed by atoms with Crippen LogP contribution in [0.2, 0.25) is 0 Å². The maximum atomic E-state index is 3.71. The third kappa shape index (κ3) is 2.39. The van der Waals surface area contributed by atoms with E-state index in [2.05, 4.69) is 30.1 Å². The van der Waals surface area contributed by atoms with E-state index < -0.39 is 0 Å². The van der Waals surface area contributed by atoms with Crippen LogP contribution in [0.15, 0.2) is 18.2 Å². The van der Waals surface area contributed by atoms with E-state index in [0.717, 1.165) is 0 Å². The molecule has 2 aliphatic rings. The lowest BCUT2D eigenvalue weighted by molar-refractivity contribution is 0.384. The van der Waals surface area contributed by atoms with Crippen LogP contribution in [-0.2, 0) is 18.3 Å². The second-order valence-corrected chi connectivity index (χ2v) is 7.85. The van der Waals surface area contributed by atoms with Crippen molar-refractivity contribution in [3.8, 4) is 0 Å². The number of aromatic amines is 1. The molecule has 1 aromatic heterocycles. The summed E-state index contributed by atoms with van der Waals surface area (Å²) >= 11 is 0. The van der Waals surface area contributed by atoms with Crippen LogP contribution in [0.3, 0.4) is 0 Å². The fourth-order valence-electron chi connectivity index (χ4n) is 4.94. The molecule has 0 amide bonds. The summed E-state index contributed by atoms with van der Waals surface area (Å²) in [4.78, 5) is 3.71. The van der Waals surface area contributed by atoms with Crippen LogP contribution in [0.25, 0.3) is 10.9 Å². The average Bonchev–Trinajstić information content (AvgIpc) is 3.11. The van der Waals surface area contributed by atoms with Crippen LogP contribution in [0, 0.1) is 0 Å². The van der Waals surface area contributed by atoms with Gasteiger partial charge in [-0.2, -0.15) is 0 Å². The summed E-state index contributed by atoms with van der Waals surface area (Å²) in [6.45, 7) is 2.54. The normalized spacial score (nSPS) is 22.0. The zero-order valence-corrected chi connectivity index (χ0v) is 14.0. The SMILES string of the molecule is CC1(c2cccc3[nH]c4c(c23)CCC4)CCCCCCCC1. The molecule has 1 saturated carbocycles. The van der Waals surface area contributed by atoms with Gasteiger partial charge in [-0.05, 0) is 54.7 Å². The molecule has 1 N–H and O–H groups in total. The van der Waals surface area contributed by atoms with Gasteiger partial charge in [-0.1, -0.05) is 57.6 Å². The van der Waals surface area contributed by atoms with Gasteiger partial charge in [0.15, 0.2) is 0 Å². The Kier molecular flexibility index (Phi) is 3.76. The van der Waals surface area contributed by atoms with Gasteiger partial charge in [-0.15, -0.1) is 0 Å². The summed E-state index contributed by atoms with van der Waals surface area (Å²) in [7, 11) is 0. The van der Waals surface area contributed by atoms with E-state index in [1.807, 2.05) is 0 Å². The summed E-state index contributed by atoms with van der Waals surface area (Å²) < 4.78 is 0. The summed E-state index contributed by atoms with van der Waals surface area (Å²) in [5.41, 5.74) is 6.58. The highest BCUT2D eigenvalue weighted by molar-refractivity contribution is 5.89. The molecule has 2 aromatic rings. The highest BCUT2D eigenvalue weighted by Crippen LogP contribution is 2.43. The Bertz CT molecular complexity index is 654. The van der Waals surface area contributed by atoms with E-state index in [0.29, 0.717) is 5.41 Å². The zero-order valence-electron chi connectivity index (χ0n) is 14.0. The third-order valence-electron chi connectivity index (χ3n) is 6.23. The Morgan fingerprint density at radius 1 is 0.864 bits per heavy atom. The Balaban J connectivity index is 1.81. The van der Waals surface area contributed by atoms with E-state index in [9.17, 15) is 0 Å². The van der Waals surface area contributed by atoms with Gasteiger partial charge in [0, 0.05) is 16.6 Å². The van der Waals surface area contributed by atoms with Crippen LogP contribution >= 0.6 is 0 Å². The second kappa shape index (κ2) is 5.76. The minimum absolute atomic E-state index is 0.377. The van der Waals surface area contributed by atoms with Gasteiger partial charge in [0.25, 0.3) is 0 Å².